The first kappa shape index (κ1) is 18.7. The molecular formula is C18H26ClN3O2. The average Bonchev–Trinajstić information content (AvgIpc) is 3.34. The number of carbonyl (C=O) groups is 2. The molecule has 1 aliphatic carbocycles. The number of hydrogen-bond donors (Lipinski definition) is 2. The summed E-state index contributed by atoms with van der Waals surface area (Å²) in [6.45, 7) is 3.52. The maximum atomic E-state index is 12.6. The second-order valence-corrected chi connectivity index (χ2v) is 7.05. The van der Waals surface area contributed by atoms with Crippen LogP contribution in [0.4, 0.5) is 0 Å². The molecule has 6 heteroatoms. The summed E-state index contributed by atoms with van der Waals surface area (Å²) in [5, 5.41) is 3.11. The molecule has 2 atom stereocenters. The van der Waals surface area contributed by atoms with Gasteiger partial charge in [-0.25, -0.2) is 0 Å². The zero-order chi connectivity index (χ0) is 16.4. The highest BCUT2D eigenvalue weighted by Gasteiger charge is 2.44. The third-order valence-corrected chi connectivity index (χ3v) is 5.11. The molecule has 1 aliphatic heterocycles. The van der Waals surface area contributed by atoms with Crippen LogP contribution in [0, 0.1) is 11.8 Å². The topological polar surface area (TPSA) is 75.4 Å². The van der Waals surface area contributed by atoms with Crippen molar-refractivity contribution < 1.29 is 9.59 Å². The van der Waals surface area contributed by atoms with E-state index in [1.54, 1.807) is 4.90 Å². The molecule has 5 nitrogen and oxygen atoms in total. The summed E-state index contributed by atoms with van der Waals surface area (Å²) in [5.74, 6) is 0.230. The maximum Gasteiger partial charge on any atom is 0.225 e. The highest BCUT2D eigenvalue weighted by atomic mass is 35.5. The van der Waals surface area contributed by atoms with Crippen molar-refractivity contribution in [1.82, 2.24) is 10.2 Å². The summed E-state index contributed by atoms with van der Waals surface area (Å²) in [5.41, 5.74) is 6.62. The van der Waals surface area contributed by atoms with E-state index in [1.165, 1.54) is 0 Å². The lowest BCUT2D eigenvalue weighted by molar-refractivity contribution is -0.129. The van der Waals surface area contributed by atoms with Crippen molar-refractivity contribution in [3.05, 3.63) is 35.9 Å². The molecular weight excluding hydrogens is 326 g/mol. The third-order valence-electron chi connectivity index (χ3n) is 5.11. The SMILES string of the molecule is CC(CN)(NC(=O)C1CC(=O)N(Cc2ccccc2)C1)C1CC1.Cl. The van der Waals surface area contributed by atoms with Crippen LogP contribution in [0.3, 0.4) is 0 Å². The van der Waals surface area contributed by atoms with Gasteiger partial charge in [-0.1, -0.05) is 30.3 Å². The minimum absolute atomic E-state index is 0. The Balaban J connectivity index is 0.00000208. The molecule has 1 aromatic rings. The Kier molecular flexibility index (Phi) is 5.88. The maximum absolute atomic E-state index is 12.6. The number of rotatable bonds is 6. The van der Waals surface area contributed by atoms with Crippen molar-refractivity contribution in [3.63, 3.8) is 0 Å². The van der Waals surface area contributed by atoms with Gasteiger partial charge < -0.3 is 16.0 Å². The molecule has 1 saturated heterocycles. The third kappa shape index (κ3) is 4.08. The minimum Gasteiger partial charge on any atom is -0.349 e. The van der Waals surface area contributed by atoms with Gasteiger partial charge in [-0.2, -0.15) is 0 Å². The molecule has 0 spiro atoms. The van der Waals surface area contributed by atoms with Crippen LogP contribution >= 0.6 is 12.4 Å². The number of benzene rings is 1. The molecule has 0 aromatic heterocycles. The number of nitrogens with zero attached hydrogens (tertiary/aromatic N) is 1. The quantitative estimate of drug-likeness (QED) is 0.819. The summed E-state index contributed by atoms with van der Waals surface area (Å²) in [6, 6.07) is 9.88. The zero-order valence-electron chi connectivity index (χ0n) is 14.0. The van der Waals surface area contributed by atoms with Crippen molar-refractivity contribution in [2.45, 2.75) is 38.3 Å². The lowest BCUT2D eigenvalue weighted by Crippen LogP contribution is -2.54. The second-order valence-electron chi connectivity index (χ2n) is 7.05. The van der Waals surface area contributed by atoms with Crippen LogP contribution in [0.1, 0.15) is 31.7 Å². The Morgan fingerprint density at radius 1 is 1.33 bits per heavy atom. The number of halogens is 1. The van der Waals surface area contributed by atoms with Crippen LogP contribution in [0.25, 0.3) is 0 Å². The summed E-state index contributed by atoms with van der Waals surface area (Å²) < 4.78 is 0. The largest absolute Gasteiger partial charge is 0.349 e. The van der Waals surface area contributed by atoms with Gasteiger partial charge in [0.2, 0.25) is 11.8 Å². The fourth-order valence-corrected chi connectivity index (χ4v) is 3.33. The van der Waals surface area contributed by atoms with Crippen LogP contribution in [0.2, 0.25) is 0 Å². The van der Waals surface area contributed by atoms with Crippen LogP contribution in [-0.4, -0.2) is 35.3 Å². The number of likely N-dealkylation sites (tertiary alicyclic amines) is 1. The van der Waals surface area contributed by atoms with E-state index in [0.717, 1.165) is 18.4 Å². The van der Waals surface area contributed by atoms with E-state index in [4.69, 9.17) is 5.73 Å². The number of nitrogens with one attached hydrogen (secondary N) is 1. The highest BCUT2D eigenvalue weighted by molar-refractivity contribution is 5.89. The summed E-state index contributed by atoms with van der Waals surface area (Å²) >= 11 is 0. The van der Waals surface area contributed by atoms with Crippen molar-refractivity contribution in [3.8, 4) is 0 Å². The van der Waals surface area contributed by atoms with Crippen LogP contribution < -0.4 is 11.1 Å². The Morgan fingerprint density at radius 3 is 2.58 bits per heavy atom. The van der Waals surface area contributed by atoms with E-state index in [0.29, 0.717) is 32.0 Å². The van der Waals surface area contributed by atoms with Gasteiger partial charge in [0.25, 0.3) is 0 Å². The molecule has 1 aromatic carbocycles. The van der Waals surface area contributed by atoms with Gasteiger partial charge in [-0.05, 0) is 31.2 Å². The van der Waals surface area contributed by atoms with Crippen LogP contribution in [0.15, 0.2) is 30.3 Å². The van der Waals surface area contributed by atoms with Gasteiger partial charge in [0.15, 0.2) is 0 Å². The fourth-order valence-electron chi connectivity index (χ4n) is 3.33. The van der Waals surface area contributed by atoms with Crippen molar-refractivity contribution in [2.75, 3.05) is 13.1 Å². The Hall–Kier alpha value is -1.59. The van der Waals surface area contributed by atoms with Gasteiger partial charge in [-0.3, -0.25) is 9.59 Å². The minimum atomic E-state index is -0.326. The van der Waals surface area contributed by atoms with Crippen molar-refractivity contribution in [2.24, 2.45) is 17.6 Å². The van der Waals surface area contributed by atoms with Gasteiger partial charge >= 0.3 is 0 Å². The van der Waals surface area contributed by atoms with E-state index < -0.39 is 0 Å². The molecule has 2 unspecified atom stereocenters. The van der Waals surface area contributed by atoms with E-state index in [2.05, 4.69) is 5.32 Å². The van der Waals surface area contributed by atoms with E-state index >= 15 is 0 Å². The Labute approximate surface area is 149 Å². The highest BCUT2D eigenvalue weighted by Crippen LogP contribution is 2.39. The standard InChI is InChI=1S/C18H25N3O2.ClH/c1-18(12-19,15-7-8-15)20-17(23)14-9-16(22)21(11-14)10-13-5-3-2-4-6-13;/h2-6,14-15H,7-12,19H2,1H3,(H,20,23);1H. The average molecular weight is 352 g/mol. The lowest BCUT2D eigenvalue weighted by Gasteiger charge is -2.30. The molecule has 2 fully saturated rings. The predicted molar refractivity (Wildman–Crippen MR) is 95.5 cm³/mol. The van der Waals surface area contributed by atoms with Crippen molar-refractivity contribution in [1.29, 1.82) is 0 Å². The molecule has 24 heavy (non-hydrogen) atoms. The van der Waals surface area contributed by atoms with Crippen LogP contribution in [-0.2, 0) is 16.1 Å². The summed E-state index contributed by atoms with van der Waals surface area (Å²) in [7, 11) is 0. The molecule has 1 heterocycles. The molecule has 3 rings (SSSR count). The second kappa shape index (κ2) is 7.53. The molecule has 1 saturated carbocycles. The molecule has 2 aliphatic rings. The van der Waals surface area contributed by atoms with E-state index in [1.807, 2.05) is 37.3 Å². The van der Waals surface area contributed by atoms with Crippen molar-refractivity contribution >= 4 is 24.2 Å². The Morgan fingerprint density at radius 2 is 2.00 bits per heavy atom. The number of amides is 2. The number of carbonyl (C=O) groups excluding carboxylic acids is 2. The smallest absolute Gasteiger partial charge is 0.225 e. The molecule has 2 amide bonds. The molecule has 3 N–H and O–H groups in total. The predicted octanol–water partition coefficient (Wildman–Crippen LogP) is 1.70. The first-order valence-corrected chi connectivity index (χ1v) is 8.35. The molecule has 132 valence electrons. The first-order chi connectivity index (χ1) is 11.0. The van der Waals surface area contributed by atoms with E-state index in [9.17, 15) is 9.59 Å². The first-order valence-electron chi connectivity index (χ1n) is 8.35. The van der Waals surface area contributed by atoms with Crippen LogP contribution in [0.5, 0.6) is 0 Å². The fraction of sp³-hybridized carbons (Fsp3) is 0.556. The summed E-state index contributed by atoms with van der Waals surface area (Å²) in [6.07, 6.45) is 2.54. The summed E-state index contributed by atoms with van der Waals surface area (Å²) in [4.78, 5) is 26.5. The number of hydrogen-bond acceptors (Lipinski definition) is 3. The van der Waals surface area contributed by atoms with Gasteiger partial charge in [0, 0.05) is 26.1 Å². The molecule has 0 radical (unpaired) electrons. The zero-order valence-corrected chi connectivity index (χ0v) is 14.8. The van der Waals surface area contributed by atoms with E-state index in [-0.39, 0.29) is 35.7 Å². The number of nitrogens with two attached hydrogens (primary N) is 1. The normalized spacial score (nSPS) is 22.7. The van der Waals surface area contributed by atoms with Gasteiger partial charge in [0.05, 0.1) is 11.5 Å². The van der Waals surface area contributed by atoms with Gasteiger partial charge in [0.1, 0.15) is 0 Å². The monoisotopic (exact) mass is 351 g/mol. The Bertz CT molecular complexity index is 591. The lowest BCUT2D eigenvalue weighted by atomic mass is 9.94. The van der Waals surface area contributed by atoms with Gasteiger partial charge in [-0.15, -0.1) is 12.4 Å². The molecule has 0 bridgehead atoms.